The predicted molar refractivity (Wildman–Crippen MR) is 120 cm³/mol. The van der Waals surface area contributed by atoms with E-state index < -0.39 is 0 Å². The normalized spacial score (nSPS) is 16.4. The quantitative estimate of drug-likeness (QED) is 0.675. The minimum Gasteiger partial charge on any atom is -0.330 e. The van der Waals surface area contributed by atoms with Crippen molar-refractivity contribution in [3.63, 3.8) is 0 Å². The Hall–Kier alpha value is -2.70. The Balaban J connectivity index is 0.00000256. The number of halogens is 1. The van der Waals surface area contributed by atoms with Gasteiger partial charge in [-0.2, -0.15) is 5.10 Å². The third kappa shape index (κ3) is 5.26. The predicted octanol–water partition coefficient (Wildman–Crippen LogP) is 3.78. The maximum atomic E-state index is 13.5. The fourth-order valence-corrected chi connectivity index (χ4v) is 3.82. The van der Waals surface area contributed by atoms with E-state index in [1.807, 2.05) is 71.4 Å². The SMILES string of the molecule is Cc1cnn(-c2ccc(C(=O)N(Cc3ccccn3)C3CCCNCC3)cc2)c1.Cl. The van der Waals surface area contributed by atoms with Crippen molar-refractivity contribution in [2.75, 3.05) is 13.1 Å². The van der Waals surface area contributed by atoms with E-state index >= 15 is 0 Å². The topological polar surface area (TPSA) is 63.1 Å². The van der Waals surface area contributed by atoms with E-state index in [-0.39, 0.29) is 24.4 Å². The van der Waals surface area contributed by atoms with Crippen molar-refractivity contribution in [2.45, 2.75) is 38.8 Å². The molecule has 3 aromatic rings. The van der Waals surface area contributed by atoms with Crippen LogP contribution < -0.4 is 5.32 Å². The standard InChI is InChI=1S/C23H27N5O.ClH/c1-18-15-26-28(16-18)22-9-7-19(8-10-22)23(29)27(17-20-5-2-3-13-25-20)21-6-4-12-24-14-11-21;/h2-3,5,7-10,13,15-16,21,24H,4,6,11-12,14,17H2,1H3;1H. The van der Waals surface area contributed by atoms with Gasteiger partial charge >= 0.3 is 0 Å². The Morgan fingerprint density at radius 2 is 2.00 bits per heavy atom. The molecule has 6 nitrogen and oxygen atoms in total. The summed E-state index contributed by atoms with van der Waals surface area (Å²) in [6.07, 6.45) is 8.64. The number of carbonyl (C=O) groups excluding carboxylic acids is 1. The Kier molecular flexibility index (Phi) is 7.60. The summed E-state index contributed by atoms with van der Waals surface area (Å²) in [5, 5.41) is 7.78. The van der Waals surface area contributed by atoms with Gasteiger partial charge in [0.2, 0.25) is 0 Å². The number of aromatic nitrogens is 3. The molecule has 0 bridgehead atoms. The van der Waals surface area contributed by atoms with Gasteiger partial charge in [-0.15, -0.1) is 12.4 Å². The van der Waals surface area contributed by atoms with Gasteiger partial charge in [-0.1, -0.05) is 6.07 Å². The first kappa shape index (κ1) is 22.0. The minimum atomic E-state index is 0. The van der Waals surface area contributed by atoms with Crippen molar-refractivity contribution >= 4 is 18.3 Å². The van der Waals surface area contributed by atoms with Crippen LogP contribution in [0, 0.1) is 6.92 Å². The van der Waals surface area contributed by atoms with Crippen LogP contribution >= 0.6 is 12.4 Å². The van der Waals surface area contributed by atoms with Gasteiger partial charge in [0, 0.05) is 24.0 Å². The third-order valence-electron chi connectivity index (χ3n) is 5.40. The lowest BCUT2D eigenvalue weighted by Crippen LogP contribution is -2.40. The van der Waals surface area contributed by atoms with Crippen molar-refractivity contribution < 1.29 is 4.79 Å². The van der Waals surface area contributed by atoms with Gasteiger partial charge in [0.1, 0.15) is 0 Å². The van der Waals surface area contributed by atoms with Crippen molar-refractivity contribution in [1.29, 1.82) is 0 Å². The van der Waals surface area contributed by atoms with Gasteiger partial charge in [-0.05, 0) is 81.2 Å². The van der Waals surface area contributed by atoms with Crippen LogP contribution in [0.1, 0.15) is 40.9 Å². The van der Waals surface area contributed by atoms with Crippen LogP contribution in [0.4, 0.5) is 0 Å². The van der Waals surface area contributed by atoms with E-state index in [0.29, 0.717) is 12.1 Å². The summed E-state index contributed by atoms with van der Waals surface area (Å²) in [5.74, 6) is 0.0609. The van der Waals surface area contributed by atoms with Gasteiger partial charge < -0.3 is 10.2 Å². The first-order valence-electron chi connectivity index (χ1n) is 10.2. The number of benzene rings is 1. The zero-order chi connectivity index (χ0) is 20.1. The third-order valence-corrected chi connectivity index (χ3v) is 5.40. The van der Waals surface area contributed by atoms with E-state index in [4.69, 9.17) is 0 Å². The summed E-state index contributed by atoms with van der Waals surface area (Å²) >= 11 is 0. The van der Waals surface area contributed by atoms with Crippen LogP contribution in [0.5, 0.6) is 0 Å². The van der Waals surface area contributed by atoms with Crippen LogP contribution in [0.2, 0.25) is 0 Å². The van der Waals surface area contributed by atoms with Gasteiger partial charge in [0.25, 0.3) is 5.91 Å². The van der Waals surface area contributed by atoms with Crippen LogP contribution in [-0.4, -0.2) is 44.7 Å². The number of hydrogen-bond acceptors (Lipinski definition) is 4. The summed E-state index contributed by atoms with van der Waals surface area (Å²) < 4.78 is 1.83. The summed E-state index contributed by atoms with van der Waals surface area (Å²) in [6.45, 7) is 4.50. The second-order valence-electron chi connectivity index (χ2n) is 7.60. The second-order valence-corrected chi connectivity index (χ2v) is 7.60. The monoisotopic (exact) mass is 425 g/mol. The summed E-state index contributed by atoms with van der Waals surface area (Å²) in [5.41, 5.74) is 3.67. The molecule has 30 heavy (non-hydrogen) atoms. The molecule has 1 N–H and O–H groups in total. The highest BCUT2D eigenvalue weighted by Gasteiger charge is 2.26. The largest absolute Gasteiger partial charge is 0.330 e. The number of pyridine rings is 1. The van der Waals surface area contributed by atoms with Crippen molar-refractivity contribution in [3.8, 4) is 5.69 Å². The molecule has 0 radical (unpaired) electrons. The number of hydrogen-bond donors (Lipinski definition) is 1. The molecule has 158 valence electrons. The number of rotatable bonds is 5. The molecule has 1 unspecified atom stereocenters. The molecule has 0 aliphatic carbocycles. The van der Waals surface area contributed by atoms with Crippen molar-refractivity contribution in [1.82, 2.24) is 25.0 Å². The Morgan fingerprint density at radius 1 is 1.17 bits per heavy atom. The fourth-order valence-electron chi connectivity index (χ4n) is 3.82. The van der Waals surface area contributed by atoms with E-state index in [1.54, 1.807) is 6.20 Å². The molecule has 1 aliphatic heterocycles. The van der Waals surface area contributed by atoms with Crippen molar-refractivity contribution in [2.24, 2.45) is 0 Å². The average Bonchev–Trinajstić information content (AvgIpc) is 3.02. The minimum absolute atomic E-state index is 0. The molecule has 1 aliphatic rings. The highest BCUT2D eigenvalue weighted by Crippen LogP contribution is 2.20. The summed E-state index contributed by atoms with van der Waals surface area (Å²) in [6, 6.07) is 13.8. The molecule has 2 aromatic heterocycles. The molecule has 1 fully saturated rings. The number of nitrogens with zero attached hydrogens (tertiary/aromatic N) is 4. The van der Waals surface area contributed by atoms with Gasteiger partial charge in [-0.25, -0.2) is 4.68 Å². The number of amides is 1. The first-order valence-corrected chi connectivity index (χ1v) is 10.2. The van der Waals surface area contributed by atoms with Crippen LogP contribution in [0.25, 0.3) is 5.69 Å². The zero-order valence-electron chi connectivity index (χ0n) is 17.2. The van der Waals surface area contributed by atoms with E-state index in [0.717, 1.165) is 49.3 Å². The Morgan fingerprint density at radius 3 is 2.70 bits per heavy atom. The summed E-state index contributed by atoms with van der Waals surface area (Å²) in [7, 11) is 0. The lowest BCUT2D eigenvalue weighted by atomic mass is 10.0. The van der Waals surface area contributed by atoms with Crippen LogP contribution in [-0.2, 0) is 6.54 Å². The van der Waals surface area contributed by atoms with Crippen molar-refractivity contribution in [3.05, 3.63) is 77.9 Å². The van der Waals surface area contributed by atoms with Gasteiger partial charge in [0.05, 0.1) is 24.1 Å². The molecule has 0 spiro atoms. The molecule has 7 heteroatoms. The highest BCUT2D eigenvalue weighted by atomic mass is 35.5. The van der Waals surface area contributed by atoms with Gasteiger partial charge in [0.15, 0.2) is 0 Å². The second kappa shape index (κ2) is 10.4. The number of nitrogens with one attached hydrogen (secondary N) is 1. The molecule has 1 aromatic carbocycles. The van der Waals surface area contributed by atoms with E-state index in [2.05, 4.69) is 15.4 Å². The van der Waals surface area contributed by atoms with E-state index in [1.165, 1.54) is 0 Å². The average molecular weight is 426 g/mol. The molecular formula is C23H28ClN5O. The van der Waals surface area contributed by atoms with Gasteiger partial charge in [-0.3, -0.25) is 9.78 Å². The lowest BCUT2D eigenvalue weighted by molar-refractivity contribution is 0.0642. The first-order chi connectivity index (χ1) is 14.2. The molecule has 3 heterocycles. The zero-order valence-corrected chi connectivity index (χ0v) is 18.0. The lowest BCUT2D eigenvalue weighted by Gasteiger charge is -2.31. The molecule has 1 atom stereocenters. The molecule has 0 saturated carbocycles. The smallest absolute Gasteiger partial charge is 0.254 e. The number of aryl methyl sites for hydroxylation is 1. The van der Waals surface area contributed by atoms with Crippen LogP contribution in [0.3, 0.4) is 0 Å². The molecule has 1 saturated heterocycles. The summed E-state index contributed by atoms with van der Waals surface area (Å²) in [4.78, 5) is 19.9. The molecule has 1 amide bonds. The van der Waals surface area contributed by atoms with E-state index in [9.17, 15) is 4.79 Å². The Labute approximate surface area is 183 Å². The Bertz CT molecular complexity index is 934. The fraction of sp³-hybridized carbons (Fsp3) is 0.348. The van der Waals surface area contributed by atoms with Crippen LogP contribution in [0.15, 0.2) is 61.1 Å². The highest BCUT2D eigenvalue weighted by molar-refractivity contribution is 5.94. The maximum absolute atomic E-state index is 13.5. The molecular weight excluding hydrogens is 398 g/mol. The maximum Gasteiger partial charge on any atom is 0.254 e. The number of carbonyl (C=O) groups is 1. The molecule has 4 rings (SSSR count).